The Kier molecular flexibility index (Phi) is 2.18. The Balaban J connectivity index is 1.79. The van der Waals surface area contributed by atoms with E-state index in [-0.39, 0.29) is 11.2 Å². The highest BCUT2D eigenvalue weighted by Crippen LogP contribution is 2.60. The van der Waals surface area contributed by atoms with E-state index in [2.05, 4.69) is 0 Å². The first-order valence-electron chi connectivity index (χ1n) is 7.18. The second-order valence-electron chi connectivity index (χ2n) is 6.81. The van der Waals surface area contributed by atoms with Crippen LogP contribution >= 0.6 is 0 Å². The highest BCUT2D eigenvalue weighted by Gasteiger charge is 2.55. The first-order chi connectivity index (χ1) is 8.68. The molecule has 5 rings (SSSR count). The van der Waals surface area contributed by atoms with Gasteiger partial charge in [-0.05, 0) is 66.9 Å². The van der Waals surface area contributed by atoms with Crippen molar-refractivity contribution in [3.05, 3.63) is 35.6 Å². The third-order valence-electron chi connectivity index (χ3n) is 5.79. The topological polar surface area (TPSA) is 26.0 Å². The van der Waals surface area contributed by atoms with Gasteiger partial charge in [0.25, 0.3) is 0 Å². The van der Waals surface area contributed by atoms with Gasteiger partial charge in [0.15, 0.2) is 0 Å². The summed E-state index contributed by atoms with van der Waals surface area (Å²) in [6, 6.07) is 7.78. The molecule has 0 saturated heterocycles. The van der Waals surface area contributed by atoms with Crippen molar-refractivity contribution >= 4 is 0 Å². The molecular formula is C16H20FN. The minimum Gasteiger partial charge on any atom is -0.327 e. The lowest BCUT2D eigenvalue weighted by Crippen LogP contribution is -2.58. The van der Waals surface area contributed by atoms with Crippen LogP contribution in [0.15, 0.2) is 24.3 Å². The van der Waals surface area contributed by atoms with Gasteiger partial charge >= 0.3 is 0 Å². The Bertz CT molecular complexity index is 468. The van der Waals surface area contributed by atoms with Crippen molar-refractivity contribution in [3.8, 4) is 0 Å². The monoisotopic (exact) mass is 245 g/mol. The van der Waals surface area contributed by atoms with Crippen LogP contribution in [-0.2, 0) is 5.41 Å². The fourth-order valence-electron chi connectivity index (χ4n) is 5.28. The van der Waals surface area contributed by atoms with Crippen LogP contribution in [0.3, 0.4) is 0 Å². The molecule has 1 aromatic rings. The third-order valence-corrected chi connectivity index (χ3v) is 5.79. The van der Waals surface area contributed by atoms with E-state index in [0.29, 0.717) is 17.9 Å². The highest BCUT2D eigenvalue weighted by atomic mass is 19.1. The standard InChI is InChI=1S/C16H20FN/c17-14-4-2-1-3-13(14)16-7-10-5-11(8-16)15(18)12(6-10)9-16/h1-4,10-12,15H,5-9,18H2. The minimum absolute atomic E-state index is 0.00646. The van der Waals surface area contributed by atoms with E-state index in [1.54, 1.807) is 12.1 Å². The van der Waals surface area contributed by atoms with E-state index in [1.165, 1.54) is 19.3 Å². The molecule has 2 heteroatoms. The maximum atomic E-state index is 14.2. The van der Waals surface area contributed by atoms with Crippen LogP contribution in [0.5, 0.6) is 0 Å². The molecule has 0 heterocycles. The van der Waals surface area contributed by atoms with Gasteiger partial charge in [-0.25, -0.2) is 4.39 Å². The fourth-order valence-corrected chi connectivity index (χ4v) is 5.28. The quantitative estimate of drug-likeness (QED) is 0.807. The predicted molar refractivity (Wildman–Crippen MR) is 69.6 cm³/mol. The zero-order chi connectivity index (χ0) is 12.3. The zero-order valence-electron chi connectivity index (χ0n) is 10.6. The normalized spacial score (nSPS) is 45.4. The summed E-state index contributed by atoms with van der Waals surface area (Å²) in [7, 11) is 0. The molecule has 4 bridgehead atoms. The fraction of sp³-hybridized carbons (Fsp3) is 0.625. The summed E-state index contributed by atoms with van der Waals surface area (Å²) in [6.45, 7) is 0. The van der Waals surface area contributed by atoms with Crippen LogP contribution in [-0.4, -0.2) is 6.04 Å². The van der Waals surface area contributed by atoms with Crippen LogP contribution < -0.4 is 5.73 Å². The molecule has 1 nitrogen and oxygen atoms in total. The van der Waals surface area contributed by atoms with Gasteiger partial charge in [-0.1, -0.05) is 18.2 Å². The molecule has 18 heavy (non-hydrogen) atoms. The third kappa shape index (κ3) is 1.36. The SMILES string of the molecule is NC1C2CC3CC1CC(c1ccccc1F)(C3)C2. The number of benzene rings is 1. The molecule has 0 spiro atoms. The van der Waals surface area contributed by atoms with Gasteiger partial charge in [0, 0.05) is 6.04 Å². The second kappa shape index (κ2) is 3.57. The smallest absolute Gasteiger partial charge is 0.126 e. The lowest BCUT2D eigenvalue weighted by atomic mass is 9.46. The van der Waals surface area contributed by atoms with Gasteiger partial charge in [-0.3, -0.25) is 0 Å². The number of hydrogen-bond donors (Lipinski definition) is 1. The van der Waals surface area contributed by atoms with Crippen molar-refractivity contribution in [2.75, 3.05) is 0 Å². The van der Waals surface area contributed by atoms with E-state index >= 15 is 0 Å². The van der Waals surface area contributed by atoms with Gasteiger partial charge in [-0.2, -0.15) is 0 Å². The van der Waals surface area contributed by atoms with E-state index < -0.39 is 0 Å². The van der Waals surface area contributed by atoms with Crippen LogP contribution in [0.25, 0.3) is 0 Å². The molecule has 0 radical (unpaired) electrons. The van der Waals surface area contributed by atoms with Gasteiger partial charge in [0.1, 0.15) is 5.82 Å². The molecule has 2 unspecified atom stereocenters. The summed E-state index contributed by atoms with van der Waals surface area (Å²) >= 11 is 0. The Morgan fingerprint density at radius 1 is 1.06 bits per heavy atom. The van der Waals surface area contributed by atoms with Gasteiger partial charge < -0.3 is 5.73 Å². The molecule has 2 N–H and O–H groups in total. The molecule has 4 aliphatic rings. The summed E-state index contributed by atoms with van der Waals surface area (Å²) in [5.74, 6) is 2.06. The number of rotatable bonds is 1. The van der Waals surface area contributed by atoms with Crippen molar-refractivity contribution in [3.63, 3.8) is 0 Å². The molecule has 0 amide bonds. The van der Waals surface area contributed by atoms with E-state index in [9.17, 15) is 4.39 Å². The molecule has 0 aromatic heterocycles. The Morgan fingerprint density at radius 3 is 2.39 bits per heavy atom. The predicted octanol–water partition coefficient (Wildman–Crippen LogP) is 3.23. The average Bonchev–Trinajstić information content (AvgIpc) is 2.35. The molecule has 0 aliphatic heterocycles. The van der Waals surface area contributed by atoms with Gasteiger partial charge in [0.05, 0.1) is 0 Å². The van der Waals surface area contributed by atoms with E-state index in [4.69, 9.17) is 5.73 Å². The highest BCUT2D eigenvalue weighted by molar-refractivity contribution is 5.31. The van der Waals surface area contributed by atoms with Crippen molar-refractivity contribution < 1.29 is 4.39 Å². The van der Waals surface area contributed by atoms with E-state index in [0.717, 1.165) is 24.3 Å². The maximum Gasteiger partial charge on any atom is 0.126 e. The molecule has 96 valence electrons. The Labute approximate surface area is 108 Å². The number of hydrogen-bond acceptors (Lipinski definition) is 1. The van der Waals surface area contributed by atoms with Crippen LogP contribution in [0.2, 0.25) is 0 Å². The van der Waals surface area contributed by atoms with Crippen LogP contribution in [0, 0.1) is 23.6 Å². The summed E-state index contributed by atoms with van der Waals surface area (Å²) in [4.78, 5) is 0. The lowest BCUT2D eigenvalue weighted by molar-refractivity contribution is -0.0240. The maximum absolute atomic E-state index is 14.2. The summed E-state index contributed by atoms with van der Waals surface area (Å²) in [6.07, 6.45) is 5.99. The first kappa shape index (κ1) is 11.0. The van der Waals surface area contributed by atoms with Crippen molar-refractivity contribution in [2.24, 2.45) is 23.5 Å². The van der Waals surface area contributed by atoms with Crippen LogP contribution in [0.4, 0.5) is 4.39 Å². The molecule has 4 fully saturated rings. The average molecular weight is 245 g/mol. The molecule has 2 atom stereocenters. The number of halogens is 1. The molecular weight excluding hydrogens is 225 g/mol. The summed E-state index contributed by atoms with van der Waals surface area (Å²) in [5.41, 5.74) is 7.43. The Hall–Kier alpha value is -0.890. The van der Waals surface area contributed by atoms with Crippen molar-refractivity contribution in [2.45, 2.75) is 43.6 Å². The first-order valence-corrected chi connectivity index (χ1v) is 7.18. The van der Waals surface area contributed by atoms with Crippen LogP contribution in [0.1, 0.15) is 37.7 Å². The molecule has 1 aromatic carbocycles. The molecule has 4 saturated carbocycles. The lowest BCUT2D eigenvalue weighted by Gasteiger charge is -2.59. The minimum atomic E-state index is -0.00646. The number of nitrogens with two attached hydrogens (primary N) is 1. The van der Waals surface area contributed by atoms with Gasteiger partial charge in [-0.15, -0.1) is 0 Å². The Morgan fingerprint density at radius 2 is 1.72 bits per heavy atom. The second-order valence-corrected chi connectivity index (χ2v) is 6.81. The zero-order valence-corrected chi connectivity index (χ0v) is 10.6. The largest absolute Gasteiger partial charge is 0.327 e. The van der Waals surface area contributed by atoms with E-state index in [1.807, 2.05) is 12.1 Å². The van der Waals surface area contributed by atoms with Crippen molar-refractivity contribution in [1.29, 1.82) is 0 Å². The van der Waals surface area contributed by atoms with Crippen molar-refractivity contribution in [1.82, 2.24) is 0 Å². The van der Waals surface area contributed by atoms with Gasteiger partial charge in [0.2, 0.25) is 0 Å². The summed E-state index contributed by atoms with van der Waals surface area (Å²) in [5, 5.41) is 0. The molecule has 4 aliphatic carbocycles. The summed E-state index contributed by atoms with van der Waals surface area (Å²) < 4.78 is 14.2.